The summed E-state index contributed by atoms with van der Waals surface area (Å²) in [6.45, 7) is 1.26. The van der Waals surface area contributed by atoms with E-state index in [4.69, 9.17) is 11.6 Å². The lowest BCUT2D eigenvalue weighted by molar-refractivity contribution is 0.109. The quantitative estimate of drug-likeness (QED) is 0.892. The summed E-state index contributed by atoms with van der Waals surface area (Å²) < 4.78 is 2.00. The van der Waals surface area contributed by atoms with E-state index in [2.05, 4.69) is 10.3 Å². The minimum atomic E-state index is -0.243. The lowest BCUT2D eigenvalue weighted by Crippen LogP contribution is -2.31. The van der Waals surface area contributed by atoms with Crippen molar-refractivity contribution >= 4 is 27.9 Å². The molecule has 1 unspecified atom stereocenters. The number of thiazole rings is 1. The normalized spacial score (nSPS) is 18.4. The van der Waals surface area contributed by atoms with Gasteiger partial charge < -0.3 is 10.4 Å². The van der Waals surface area contributed by atoms with Gasteiger partial charge in [0.15, 0.2) is 10.1 Å². The van der Waals surface area contributed by atoms with Crippen molar-refractivity contribution in [3.63, 3.8) is 0 Å². The van der Waals surface area contributed by atoms with Crippen LogP contribution in [0.2, 0.25) is 5.15 Å². The zero-order chi connectivity index (χ0) is 13.2. The van der Waals surface area contributed by atoms with Crippen LogP contribution in [0.5, 0.6) is 0 Å². The molecule has 2 heterocycles. The van der Waals surface area contributed by atoms with Crippen LogP contribution < -0.4 is 5.32 Å². The number of hydrogen-bond acceptors (Lipinski definition) is 4. The Balaban J connectivity index is 1.57. The van der Waals surface area contributed by atoms with Gasteiger partial charge in [0, 0.05) is 24.7 Å². The third-order valence-electron chi connectivity index (χ3n) is 3.90. The number of aromatic nitrogens is 2. The molecule has 2 aromatic rings. The van der Waals surface area contributed by atoms with Crippen molar-refractivity contribution in [2.24, 2.45) is 5.92 Å². The Morgan fingerprint density at radius 3 is 3.11 bits per heavy atom. The monoisotopic (exact) mass is 299 g/mol. The van der Waals surface area contributed by atoms with E-state index in [-0.39, 0.29) is 6.10 Å². The average Bonchev–Trinajstić information content (AvgIpc) is 3.08. The highest BCUT2D eigenvalue weighted by molar-refractivity contribution is 7.15. The fourth-order valence-corrected chi connectivity index (χ4v) is 3.83. The van der Waals surface area contributed by atoms with Crippen LogP contribution >= 0.6 is 22.9 Å². The number of imidazole rings is 1. The summed E-state index contributed by atoms with van der Waals surface area (Å²) in [5.41, 5.74) is 0.969. The van der Waals surface area contributed by atoms with Crippen molar-refractivity contribution in [3.8, 4) is 0 Å². The molecule has 1 aliphatic carbocycles. The molecule has 0 saturated heterocycles. The summed E-state index contributed by atoms with van der Waals surface area (Å²) in [7, 11) is 0. The van der Waals surface area contributed by atoms with E-state index in [0.29, 0.717) is 24.2 Å². The lowest BCUT2D eigenvalue weighted by Gasteiger charge is -2.18. The topological polar surface area (TPSA) is 49.6 Å². The van der Waals surface area contributed by atoms with Crippen molar-refractivity contribution in [2.75, 3.05) is 6.54 Å². The predicted octanol–water partition coefficient (Wildman–Crippen LogP) is 2.69. The van der Waals surface area contributed by atoms with Crippen LogP contribution in [0.15, 0.2) is 11.6 Å². The van der Waals surface area contributed by atoms with E-state index in [1.165, 1.54) is 12.8 Å². The second-order valence-corrected chi connectivity index (χ2v) is 6.38. The SMILES string of the molecule is OC(CNCc1c(Cl)nc2sccn12)C1CCCC1. The first kappa shape index (κ1) is 13.4. The molecule has 0 aliphatic heterocycles. The lowest BCUT2D eigenvalue weighted by atomic mass is 10.0. The Kier molecular flexibility index (Phi) is 4.07. The molecule has 0 spiro atoms. The van der Waals surface area contributed by atoms with Crippen LogP contribution in [0, 0.1) is 5.92 Å². The first-order valence-corrected chi connectivity index (χ1v) is 8.00. The highest BCUT2D eigenvalue weighted by Gasteiger charge is 2.22. The van der Waals surface area contributed by atoms with Crippen molar-refractivity contribution in [3.05, 3.63) is 22.4 Å². The van der Waals surface area contributed by atoms with E-state index in [1.807, 2.05) is 16.0 Å². The molecule has 0 radical (unpaired) electrons. The van der Waals surface area contributed by atoms with Gasteiger partial charge in [-0.15, -0.1) is 11.3 Å². The van der Waals surface area contributed by atoms with Crippen LogP contribution in [0.25, 0.3) is 4.96 Å². The highest BCUT2D eigenvalue weighted by Crippen LogP contribution is 2.27. The summed E-state index contributed by atoms with van der Waals surface area (Å²) in [5.74, 6) is 0.467. The van der Waals surface area contributed by atoms with E-state index < -0.39 is 0 Å². The number of halogens is 1. The molecular formula is C13H18ClN3OS. The molecule has 0 bridgehead atoms. The Labute approximate surface area is 121 Å². The summed E-state index contributed by atoms with van der Waals surface area (Å²) in [6, 6.07) is 0. The summed E-state index contributed by atoms with van der Waals surface area (Å²) in [5, 5.41) is 15.9. The standard InChI is InChI=1S/C13H18ClN3OS/c14-12-10(17-5-6-19-13(17)16-12)7-15-8-11(18)9-3-1-2-4-9/h5-6,9,11,15,18H,1-4,7-8H2. The van der Waals surface area contributed by atoms with Crippen LogP contribution in [-0.2, 0) is 6.54 Å². The van der Waals surface area contributed by atoms with Gasteiger partial charge in [-0.2, -0.15) is 0 Å². The molecule has 4 nitrogen and oxygen atoms in total. The first-order chi connectivity index (χ1) is 9.25. The molecule has 3 rings (SSSR count). The maximum Gasteiger partial charge on any atom is 0.195 e. The van der Waals surface area contributed by atoms with Crippen LogP contribution in [0.1, 0.15) is 31.4 Å². The van der Waals surface area contributed by atoms with Gasteiger partial charge >= 0.3 is 0 Å². The summed E-state index contributed by atoms with van der Waals surface area (Å²) in [6.07, 6.45) is 6.56. The number of aliphatic hydroxyl groups is 1. The second kappa shape index (κ2) is 5.79. The summed E-state index contributed by atoms with van der Waals surface area (Å²) in [4.78, 5) is 5.21. The fourth-order valence-electron chi connectivity index (χ4n) is 2.81. The van der Waals surface area contributed by atoms with Crippen LogP contribution in [0.3, 0.4) is 0 Å². The average molecular weight is 300 g/mol. The molecule has 0 amide bonds. The van der Waals surface area contributed by atoms with Gasteiger partial charge in [0.05, 0.1) is 11.8 Å². The Hall–Kier alpha value is -0.620. The maximum atomic E-state index is 10.1. The molecule has 1 saturated carbocycles. The smallest absolute Gasteiger partial charge is 0.195 e. The van der Waals surface area contributed by atoms with E-state index >= 15 is 0 Å². The van der Waals surface area contributed by atoms with Crippen LogP contribution in [0.4, 0.5) is 0 Å². The van der Waals surface area contributed by atoms with Crippen molar-refractivity contribution in [1.82, 2.24) is 14.7 Å². The zero-order valence-electron chi connectivity index (χ0n) is 10.7. The molecule has 1 aliphatic rings. The number of hydrogen-bond donors (Lipinski definition) is 2. The minimum absolute atomic E-state index is 0.243. The van der Waals surface area contributed by atoms with Crippen LogP contribution in [-0.4, -0.2) is 27.1 Å². The number of aliphatic hydroxyl groups excluding tert-OH is 1. The second-order valence-electron chi connectivity index (χ2n) is 5.15. The Morgan fingerprint density at radius 2 is 2.32 bits per heavy atom. The van der Waals surface area contributed by atoms with Gasteiger partial charge in [-0.05, 0) is 18.8 Å². The van der Waals surface area contributed by atoms with E-state index in [0.717, 1.165) is 23.5 Å². The molecule has 2 N–H and O–H groups in total. The zero-order valence-corrected chi connectivity index (χ0v) is 12.3. The molecular weight excluding hydrogens is 282 g/mol. The van der Waals surface area contributed by atoms with Crippen molar-refractivity contribution in [2.45, 2.75) is 38.3 Å². The molecule has 1 atom stereocenters. The van der Waals surface area contributed by atoms with Crippen molar-refractivity contribution in [1.29, 1.82) is 0 Å². The largest absolute Gasteiger partial charge is 0.392 e. The molecule has 0 aromatic carbocycles. The molecule has 104 valence electrons. The number of nitrogens with one attached hydrogen (secondary N) is 1. The highest BCUT2D eigenvalue weighted by atomic mass is 35.5. The number of rotatable bonds is 5. The van der Waals surface area contributed by atoms with Gasteiger partial charge in [0.25, 0.3) is 0 Å². The molecule has 1 fully saturated rings. The molecule has 19 heavy (non-hydrogen) atoms. The van der Waals surface area contributed by atoms with E-state index in [1.54, 1.807) is 11.3 Å². The minimum Gasteiger partial charge on any atom is -0.392 e. The van der Waals surface area contributed by atoms with Gasteiger partial charge in [-0.1, -0.05) is 24.4 Å². The van der Waals surface area contributed by atoms with Gasteiger partial charge in [0.1, 0.15) is 0 Å². The van der Waals surface area contributed by atoms with E-state index in [9.17, 15) is 5.11 Å². The third-order valence-corrected chi connectivity index (χ3v) is 4.96. The van der Waals surface area contributed by atoms with Crippen molar-refractivity contribution < 1.29 is 5.11 Å². The Bertz CT molecular complexity index is 547. The summed E-state index contributed by atoms with van der Waals surface area (Å²) >= 11 is 7.70. The number of nitrogens with zero attached hydrogens (tertiary/aromatic N) is 2. The van der Waals surface area contributed by atoms with Gasteiger partial charge in [-0.25, -0.2) is 4.98 Å². The van der Waals surface area contributed by atoms with Gasteiger partial charge in [-0.3, -0.25) is 4.40 Å². The maximum absolute atomic E-state index is 10.1. The Morgan fingerprint density at radius 1 is 1.53 bits per heavy atom. The fraction of sp³-hybridized carbons (Fsp3) is 0.615. The first-order valence-electron chi connectivity index (χ1n) is 6.74. The predicted molar refractivity (Wildman–Crippen MR) is 77.8 cm³/mol. The molecule has 6 heteroatoms. The number of fused-ring (bicyclic) bond motifs is 1. The molecule has 2 aromatic heterocycles. The van der Waals surface area contributed by atoms with Gasteiger partial charge in [0.2, 0.25) is 0 Å². The third kappa shape index (κ3) is 2.79.